The number of likely N-dealkylation sites (N-methyl/N-ethyl adjacent to an activating group) is 1. The molecule has 3 aromatic heterocycles. The maximum absolute atomic E-state index is 12.3. The van der Waals surface area contributed by atoms with E-state index in [-0.39, 0.29) is 11.9 Å². The maximum Gasteiger partial charge on any atom is 0.271 e. The van der Waals surface area contributed by atoms with Gasteiger partial charge in [-0.2, -0.15) is 9.61 Å². The Hall–Kier alpha value is -2.97. The van der Waals surface area contributed by atoms with Gasteiger partial charge in [-0.3, -0.25) is 9.89 Å². The first-order chi connectivity index (χ1) is 12.2. The zero-order chi connectivity index (χ0) is 17.0. The number of nitrogens with one attached hydrogen (secondary N) is 1. The van der Waals surface area contributed by atoms with E-state index in [9.17, 15) is 4.79 Å². The Morgan fingerprint density at radius 1 is 1.24 bits per heavy atom. The highest BCUT2D eigenvalue weighted by atomic mass is 16.2. The first kappa shape index (κ1) is 14.4. The summed E-state index contributed by atoms with van der Waals surface area (Å²) in [6, 6.07) is 5.77. The van der Waals surface area contributed by atoms with Gasteiger partial charge in [0.2, 0.25) is 0 Å². The van der Waals surface area contributed by atoms with Gasteiger partial charge < -0.3 is 9.80 Å². The number of carbonyl (C=O) groups is 1. The van der Waals surface area contributed by atoms with Crippen LogP contribution in [0.15, 0.2) is 24.4 Å². The van der Waals surface area contributed by atoms with Crippen molar-refractivity contribution in [1.29, 1.82) is 0 Å². The Bertz CT molecular complexity index is 923. The van der Waals surface area contributed by atoms with Gasteiger partial charge in [0, 0.05) is 32.3 Å². The molecule has 0 aromatic carbocycles. The summed E-state index contributed by atoms with van der Waals surface area (Å²) in [7, 11) is 1.83. The molecule has 4 heterocycles. The predicted octanol–water partition coefficient (Wildman–Crippen LogP) is 0.686. The minimum absolute atomic E-state index is 0.0413. The molecule has 1 aliphatic heterocycles. The van der Waals surface area contributed by atoms with E-state index < -0.39 is 0 Å². The second-order valence-electron chi connectivity index (χ2n) is 6.74. The van der Waals surface area contributed by atoms with E-state index in [1.165, 1.54) is 12.8 Å². The number of nitrogens with zero attached hydrogens (tertiary/aromatic N) is 7. The van der Waals surface area contributed by atoms with Gasteiger partial charge in [0.1, 0.15) is 11.5 Å². The van der Waals surface area contributed by atoms with Crippen molar-refractivity contribution in [3.05, 3.63) is 35.9 Å². The molecular weight excluding hydrogens is 320 g/mol. The van der Waals surface area contributed by atoms with Crippen LogP contribution in [0.25, 0.3) is 5.65 Å². The predicted molar refractivity (Wildman–Crippen MR) is 89.4 cm³/mol. The number of rotatable bonds is 4. The summed E-state index contributed by atoms with van der Waals surface area (Å²) in [6.07, 6.45) is 3.92. The molecule has 25 heavy (non-hydrogen) atoms. The molecular formula is C16H18N8O. The van der Waals surface area contributed by atoms with E-state index in [2.05, 4.69) is 25.3 Å². The Kier molecular flexibility index (Phi) is 3.03. The van der Waals surface area contributed by atoms with Gasteiger partial charge in [-0.1, -0.05) is 0 Å². The van der Waals surface area contributed by atoms with Crippen LogP contribution in [0.1, 0.15) is 35.1 Å². The third-order valence-electron chi connectivity index (χ3n) is 5.00. The Balaban J connectivity index is 1.31. The van der Waals surface area contributed by atoms with Gasteiger partial charge in [0.25, 0.3) is 5.91 Å². The van der Waals surface area contributed by atoms with Crippen LogP contribution >= 0.6 is 0 Å². The lowest BCUT2D eigenvalue weighted by molar-refractivity contribution is 0.0699. The van der Waals surface area contributed by atoms with E-state index in [1.807, 2.05) is 23.7 Å². The Morgan fingerprint density at radius 2 is 2.08 bits per heavy atom. The van der Waals surface area contributed by atoms with Crippen molar-refractivity contribution in [2.75, 3.05) is 25.0 Å². The molecule has 128 valence electrons. The third-order valence-corrected chi connectivity index (χ3v) is 5.00. The van der Waals surface area contributed by atoms with E-state index >= 15 is 0 Å². The first-order valence-electron chi connectivity index (χ1n) is 8.44. The van der Waals surface area contributed by atoms with Crippen molar-refractivity contribution >= 4 is 17.4 Å². The lowest BCUT2D eigenvalue weighted by atomic mass is 10.1. The van der Waals surface area contributed by atoms with Crippen LogP contribution in [0, 0.1) is 0 Å². The average Bonchev–Trinajstić information content (AvgIpc) is 3.11. The molecule has 5 rings (SSSR count). The fourth-order valence-electron chi connectivity index (χ4n) is 3.18. The molecule has 2 fully saturated rings. The number of aromatic amines is 1. The number of fused-ring (bicyclic) bond motifs is 1. The summed E-state index contributed by atoms with van der Waals surface area (Å²) in [5.74, 6) is 2.31. The number of carbonyl (C=O) groups excluding carboxylic acids is 1. The van der Waals surface area contributed by atoms with E-state index in [4.69, 9.17) is 5.10 Å². The SMILES string of the molecule is CN(C(=O)c1ccn[nH]1)C1CN(c2ccc3nnc(C4CC4)n3n2)C1. The van der Waals surface area contributed by atoms with Gasteiger partial charge in [0.05, 0.1) is 6.04 Å². The van der Waals surface area contributed by atoms with Gasteiger partial charge in [-0.05, 0) is 31.0 Å². The summed E-state index contributed by atoms with van der Waals surface area (Å²) in [6.45, 7) is 1.52. The number of aromatic nitrogens is 6. The lowest BCUT2D eigenvalue weighted by Crippen LogP contribution is -2.60. The zero-order valence-electron chi connectivity index (χ0n) is 13.8. The topological polar surface area (TPSA) is 95.3 Å². The minimum Gasteiger partial charge on any atom is -0.351 e. The highest BCUT2D eigenvalue weighted by Gasteiger charge is 2.35. The second kappa shape index (κ2) is 5.27. The van der Waals surface area contributed by atoms with Crippen LogP contribution in [-0.2, 0) is 0 Å². The van der Waals surface area contributed by atoms with Crippen LogP contribution in [0.2, 0.25) is 0 Å². The normalized spacial score (nSPS) is 17.7. The lowest BCUT2D eigenvalue weighted by Gasteiger charge is -2.44. The number of hydrogen-bond donors (Lipinski definition) is 1. The maximum atomic E-state index is 12.3. The third kappa shape index (κ3) is 2.34. The van der Waals surface area contributed by atoms with Crippen molar-refractivity contribution in [3.63, 3.8) is 0 Å². The molecule has 0 atom stereocenters. The number of hydrogen-bond acceptors (Lipinski definition) is 6. The van der Waals surface area contributed by atoms with Gasteiger partial charge in [0.15, 0.2) is 11.5 Å². The second-order valence-corrected chi connectivity index (χ2v) is 6.74. The van der Waals surface area contributed by atoms with Crippen molar-refractivity contribution in [2.45, 2.75) is 24.8 Å². The molecule has 0 unspecified atom stereocenters. The quantitative estimate of drug-likeness (QED) is 0.752. The number of amides is 1. The molecule has 0 radical (unpaired) electrons. The van der Waals surface area contributed by atoms with Crippen molar-refractivity contribution in [1.82, 2.24) is 34.9 Å². The molecule has 1 saturated heterocycles. The van der Waals surface area contributed by atoms with E-state index in [1.54, 1.807) is 17.2 Å². The molecule has 9 nitrogen and oxygen atoms in total. The fraction of sp³-hybridized carbons (Fsp3) is 0.438. The largest absolute Gasteiger partial charge is 0.351 e. The molecule has 3 aromatic rings. The molecule has 2 aliphatic rings. The van der Waals surface area contributed by atoms with Crippen LogP contribution in [-0.4, -0.2) is 67.0 Å². The minimum atomic E-state index is -0.0413. The molecule has 0 bridgehead atoms. The molecule has 0 spiro atoms. The zero-order valence-corrected chi connectivity index (χ0v) is 13.8. The Labute approximate surface area is 143 Å². The van der Waals surface area contributed by atoms with Crippen LogP contribution in [0.4, 0.5) is 5.82 Å². The summed E-state index contributed by atoms with van der Waals surface area (Å²) in [5, 5.41) is 19.7. The van der Waals surface area contributed by atoms with Gasteiger partial charge >= 0.3 is 0 Å². The average molecular weight is 338 g/mol. The highest BCUT2D eigenvalue weighted by molar-refractivity contribution is 5.92. The van der Waals surface area contributed by atoms with Crippen molar-refractivity contribution in [2.24, 2.45) is 0 Å². The summed E-state index contributed by atoms with van der Waals surface area (Å²) in [4.78, 5) is 16.3. The highest BCUT2D eigenvalue weighted by Crippen LogP contribution is 2.38. The molecule has 1 saturated carbocycles. The van der Waals surface area contributed by atoms with E-state index in [0.717, 1.165) is 30.4 Å². The van der Waals surface area contributed by atoms with Crippen LogP contribution in [0.3, 0.4) is 0 Å². The molecule has 9 heteroatoms. The Morgan fingerprint density at radius 3 is 2.80 bits per heavy atom. The smallest absolute Gasteiger partial charge is 0.271 e. The summed E-state index contributed by atoms with van der Waals surface area (Å²) >= 11 is 0. The molecule has 1 aliphatic carbocycles. The monoisotopic (exact) mass is 338 g/mol. The van der Waals surface area contributed by atoms with Crippen LogP contribution in [0.5, 0.6) is 0 Å². The fourth-order valence-corrected chi connectivity index (χ4v) is 3.18. The molecule has 1 N–H and O–H groups in total. The number of anilines is 1. The van der Waals surface area contributed by atoms with Crippen LogP contribution < -0.4 is 4.90 Å². The first-order valence-corrected chi connectivity index (χ1v) is 8.44. The number of H-pyrrole nitrogens is 1. The summed E-state index contributed by atoms with van der Waals surface area (Å²) in [5.41, 5.74) is 1.30. The summed E-state index contributed by atoms with van der Waals surface area (Å²) < 4.78 is 1.86. The van der Waals surface area contributed by atoms with Gasteiger partial charge in [-0.15, -0.1) is 15.3 Å². The molecule has 1 amide bonds. The van der Waals surface area contributed by atoms with Crippen molar-refractivity contribution < 1.29 is 4.79 Å². The van der Waals surface area contributed by atoms with Gasteiger partial charge in [-0.25, -0.2) is 0 Å². The van der Waals surface area contributed by atoms with Crippen molar-refractivity contribution in [3.8, 4) is 0 Å². The standard InChI is InChI=1S/C16H18N8O/c1-22(16(25)12-6-7-17-18-12)11-8-23(9-11)14-5-4-13-19-20-15(10-2-3-10)24(13)21-14/h4-7,10-11H,2-3,8-9H2,1H3,(H,17,18). The van der Waals surface area contributed by atoms with E-state index in [0.29, 0.717) is 11.6 Å².